The Balaban J connectivity index is 2.00. The van der Waals surface area contributed by atoms with E-state index in [4.69, 9.17) is 15.6 Å². The summed E-state index contributed by atoms with van der Waals surface area (Å²) >= 11 is 0. The zero-order valence-corrected chi connectivity index (χ0v) is 12.5. The summed E-state index contributed by atoms with van der Waals surface area (Å²) in [6.45, 7) is 1.33. The van der Waals surface area contributed by atoms with E-state index in [0.29, 0.717) is 12.1 Å². The Kier molecular flexibility index (Phi) is 4.09. The topological polar surface area (TPSA) is 123 Å². The third-order valence-electron chi connectivity index (χ3n) is 4.20. The number of allylic oxidation sites excluding steroid dienone is 1. The molecule has 0 radical (unpaired) electrons. The predicted octanol–water partition coefficient (Wildman–Crippen LogP) is -0.491. The Morgan fingerprint density at radius 2 is 2.35 bits per heavy atom. The van der Waals surface area contributed by atoms with Crippen molar-refractivity contribution in [1.29, 1.82) is 0 Å². The zero-order chi connectivity index (χ0) is 16.7. The van der Waals surface area contributed by atoms with Gasteiger partial charge in [-0.05, 0) is 12.5 Å². The van der Waals surface area contributed by atoms with E-state index in [1.807, 2.05) is 6.92 Å². The van der Waals surface area contributed by atoms with Gasteiger partial charge in [0.2, 0.25) is 0 Å². The van der Waals surface area contributed by atoms with Crippen LogP contribution in [0.5, 0.6) is 0 Å². The van der Waals surface area contributed by atoms with Gasteiger partial charge in [0.15, 0.2) is 12.4 Å². The number of hydrogen-bond donors (Lipinski definition) is 4. The molecule has 2 aliphatic rings. The SMILES string of the molecule is CC1C/C=C(\N)NC(=O)c2ncn([C@@H]3O[C@H](CO)[C@@H](F)[C@H]3O)c21. The average Bonchev–Trinajstić information content (AvgIpc) is 3.06. The van der Waals surface area contributed by atoms with E-state index in [-0.39, 0.29) is 17.4 Å². The van der Waals surface area contributed by atoms with Crippen LogP contribution < -0.4 is 11.1 Å². The highest BCUT2D eigenvalue weighted by Gasteiger charge is 2.46. The Morgan fingerprint density at radius 1 is 1.61 bits per heavy atom. The standard InChI is InChI=1S/C14H19FN4O4/c1-6-2-3-8(16)18-13(22)10-11(6)19(5-17-10)14-12(21)9(15)7(4-20)23-14/h3,5-7,9,12,14,20-21H,2,4,16H2,1H3,(H,18,22)/b8-3+/t6?,7-,9-,12-,14-/m1/s1. The fourth-order valence-electron chi connectivity index (χ4n) is 2.98. The smallest absolute Gasteiger partial charge is 0.277 e. The number of imidazole rings is 1. The van der Waals surface area contributed by atoms with Crippen molar-refractivity contribution in [3.8, 4) is 0 Å². The van der Waals surface area contributed by atoms with Crippen molar-refractivity contribution in [3.05, 3.63) is 29.6 Å². The molecule has 5 atom stereocenters. The van der Waals surface area contributed by atoms with Crippen LogP contribution in [0.25, 0.3) is 0 Å². The summed E-state index contributed by atoms with van der Waals surface area (Å²) in [5.41, 5.74) is 6.36. The van der Waals surface area contributed by atoms with Crippen LogP contribution in [0.2, 0.25) is 0 Å². The molecule has 1 amide bonds. The first kappa shape index (κ1) is 15.9. The number of hydrogen-bond acceptors (Lipinski definition) is 6. The van der Waals surface area contributed by atoms with E-state index < -0.39 is 37.1 Å². The van der Waals surface area contributed by atoms with Crippen LogP contribution in [0, 0.1) is 0 Å². The molecule has 9 heteroatoms. The number of aliphatic hydroxyl groups is 2. The second-order valence-corrected chi connectivity index (χ2v) is 5.82. The molecule has 2 aliphatic heterocycles. The lowest BCUT2D eigenvalue weighted by Crippen LogP contribution is -2.32. The normalized spacial score (nSPS) is 36.6. The summed E-state index contributed by atoms with van der Waals surface area (Å²) < 4.78 is 20.8. The molecule has 1 unspecified atom stereocenters. The number of amides is 1. The van der Waals surface area contributed by atoms with E-state index in [9.17, 15) is 14.3 Å². The molecule has 3 heterocycles. The molecule has 126 valence electrons. The Hall–Kier alpha value is -1.97. The van der Waals surface area contributed by atoms with E-state index >= 15 is 0 Å². The highest BCUT2D eigenvalue weighted by Crippen LogP contribution is 2.35. The van der Waals surface area contributed by atoms with Gasteiger partial charge in [-0.3, -0.25) is 4.79 Å². The second-order valence-electron chi connectivity index (χ2n) is 5.82. The van der Waals surface area contributed by atoms with Crippen molar-refractivity contribution in [2.24, 2.45) is 5.73 Å². The van der Waals surface area contributed by atoms with Crippen molar-refractivity contribution < 1.29 is 24.1 Å². The molecule has 23 heavy (non-hydrogen) atoms. The molecule has 1 aromatic heterocycles. The molecule has 8 nitrogen and oxygen atoms in total. The molecular formula is C14H19FN4O4. The highest BCUT2D eigenvalue weighted by molar-refractivity contribution is 5.94. The fraction of sp³-hybridized carbons (Fsp3) is 0.571. The first-order chi connectivity index (χ1) is 10.9. The largest absolute Gasteiger partial charge is 0.394 e. The summed E-state index contributed by atoms with van der Waals surface area (Å²) in [7, 11) is 0. The lowest BCUT2D eigenvalue weighted by molar-refractivity contribution is -0.0529. The molecule has 0 spiro atoms. The van der Waals surface area contributed by atoms with E-state index in [1.54, 1.807) is 6.08 Å². The number of aromatic nitrogens is 2. The minimum atomic E-state index is -1.71. The summed E-state index contributed by atoms with van der Waals surface area (Å²) in [5, 5.41) is 21.7. The average molecular weight is 326 g/mol. The quantitative estimate of drug-likeness (QED) is 0.581. The van der Waals surface area contributed by atoms with Crippen LogP contribution in [0.3, 0.4) is 0 Å². The zero-order valence-electron chi connectivity index (χ0n) is 12.5. The van der Waals surface area contributed by atoms with Gasteiger partial charge in [0.1, 0.15) is 17.9 Å². The summed E-state index contributed by atoms with van der Waals surface area (Å²) in [4.78, 5) is 16.3. The van der Waals surface area contributed by atoms with Gasteiger partial charge < -0.3 is 30.6 Å². The molecule has 1 fully saturated rings. The van der Waals surface area contributed by atoms with Gasteiger partial charge >= 0.3 is 0 Å². The number of ether oxygens (including phenoxy) is 1. The summed E-state index contributed by atoms with van der Waals surface area (Å²) in [5.74, 6) is -0.357. The van der Waals surface area contributed by atoms with Crippen molar-refractivity contribution >= 4 is 5.91 Å². The van der Waals surface area contributed by atoms with Gasteiger partial charge in [-0.25, -0.2) is 9.37 Å². The van der Waals surface area contributed by atoms with Crippen molar-refractivity contribution in [1.82, 2.24) is 14.9 Å². The number of nitrogens with one attached hydrogen (secondary N) is 1. The van der Waals surface area contributed by atoms with Crippen LogP contribution >= 0.6 is 0 Å². The van der Waals surface area contributed by atoms with Gasteiger partial charge in [0.25, 0.3) is 5.91 Å². The molecular weight excluding hydrogens is 307 g/mol. The number of alkyl halides is 1. The first-order valence-corrected chi connectivity index (χ1v) is 7.36. The number of aliphatic hydroxyl groups excluding tert-OH is 2. The molecule has 0 bridgehead atoms. The number of carbonyl (C=O) groups excluding carboxylic acids is 1. The summed E-state index contributed by atoms with van der Waals surface area (Å²) in [6.07, 6.45) is -1.76. The minimum Gasteiger partial charge on any atom is -0.394 e. The Bertz CT molecular complexity index is 647. The van der Waals surface area contributed by atoms with Gasteiger partial charge in [-0.1, -0.05) is 6.92 Å². The van der Waals surface area contributed by atoms with Gasteiger partial charge in [0.05, 0.1) is 24.4 Å². The maximum absolute atomic E-state index is 14.0. The maximum atomic E-state index is 14.0. The van der Waals surface area contributed by atoms with E-state index in [0.717, 1.165) is 0 Å². The maximum Gasteiger partial charge on any atom is 0.277 e. The fourth-order valence-corrected chi connectivity index (χ4v) is 2.98. The van der Waals surface area contributed by atoms with Crippen LogP contribution in [-0.2, 0) is 4.74 Å². The lowest BCUT2D eigenvalue weighted by atomic mass is 9.99. The van der Waals surface area contributed by atoms with Crippen LogP contribution in [0.4, 0.5) is 4.39 Å². The van der Waals surface area contributed by atoms with Crippen LogP contribution in [-0.4, -0.2) is 50.7 Å². The van der Waals surface area contributed by atoms with Crippen molar-refractivity contribution in [2.45, 2.75) is 43.9 Å². The predicted molar refractivity (Wildman–Crippen MR) is 76.9 cm³/mol. The number of carbonyl (C=O) groups is 1. The monoisotopic (exact) mass is 326 g/mol. The number of nitrogens with zero attached hydrogens (tertiary/aromatic N) is 2. The highest BCUT2D eigenvalue weighted by atomic mass is 19.1. The number of halogens is 1. The molecule has 1 aromatic rings. The van der Waals surface area contributed by atoms with E-state index in [2.05, 4.69) is 10.3 Å². The van der Waals surface area contributed by atoms with Crippen LogP contribution in [0.15, 0.2) is 18.2 Å². The van der Waals surface area contributed by atoms with Crippen molar-refractivity contribution in [2.75, 3.05) is 6.61 Å². The third kappa shape index (κ3) is 2.60. The molecule has 1 saturated heterocycles. The first-order valence-electron chi connectivity index (χ1n) is 7.36. The second kappa shape index (κ2) is 5.91. The lowest BCUT2D eigenvalue weighted by Gasteiger charge is -2.23. The molecule has 0 saturated carbocycles. The van der Waals surface area contributed by atoms with Gasteiger partial charge in [-0.15, -0.1) is 0 Å². The van der Waals surface area contributed by atoms with Gasteiger partial charge in [-0.2, -0.15) is 0 Å². The Labute approximate surface area is 131 Å². The van der Waals surface area contributed by atoms with Gasteiger partial charge in [0, 0.05) is 5.92 Å². The summed E-state index contributed by atoms with van der Waals surface area (Å²) in [6, 6.07) is 0. The third-order valence-corrected chi connectivity index (χ3v) is 4.20. The number of rotatable bonds is 2. The molecule has 5 N–H and O–H groups in total. The van der Waals surface area contributed by atoms with Crippen LogP contribution in [0.1, 0.15) is 41.7 Å². The minimum absolute atomic E-state index is 0.140. The number of nitrogens with two attached hydrogens (primary N) is 1. The molecule has 3 rings (SSSR count). The molecule has 0 aliphatic carbocycles. The number of fused-ring (bicyclic) bond motifs is 1. The Morgan fingerprint density at radius 3 is 3.00 bits per heavy atom. The molecule has 0 aromatic carbocycles. The van der Waals surface area contributed by atoms with Crippen molar-refractivity contribution in [3.63, 3.8) is 0 Å². The van der Waals surface area contributed by atoms with E-state index in [1.165, 1.54) is 10.9 Å².